The van der Waals surface area contributed by atoms with Crippen LogP contribution in [-0.2, 0) is 4.79 Å². The molecule has 1 aliphatic carbocycles. The maximum atomic E-state index is 14.5. The van der Waals surface area contributed by atoms with E-state index in [1.807, 2.05) is 4.90 Å². The number of aliphatic imine (C=N–C) groups is 1. The summed E-state index contributed by atoms with van der Waals surface area (Å²) in [5.74, 6) is -0.218. The van der Waals surface area contributed by atoms with Gasteiger partial charge < -0.3 is 16.4 Å². The maximum Gasteiger partial charge on any atom is 0.258 e. The van der Waals surface area contributed by atoms with E-state index in [0.29, 0.717) is 18.2 Å². The van der Waals surface area contributed by atoms with Crippen LogP contribution in [-0.4, -0.2) is 40.6 Å². The number of halogens is 1. The van der Waals surface area contributed by atoms with E-state index in [0.717, 1.165) is 12.8 Å². The molecule has 154 valence electrons. The minimum absolute atomic E-state index is 0.0317. The summed E-state index contributed by atoms with van der Waals surface area (Å²) in [6.07, 6.45) is 8.17. The Labute approximate surface area is 174 Å². The van der Waals surface area contributed by atoms with Gasteiger partial charge in [0.2, 0.25) is 0 Å². The fourth-order valence-corrected chi connectivity index (χ4v) is 4.15. The van der Waals surface area contributed by atoms with Gasteiger partial charge in [-0.15, -0.1) is 0 Å². The number of pyridine rings is 1. The van der Waals surface area contributed by atoms with Crippen molar-refractivity contribution >= 4 is 23.4 Å². The minimum Gasteiger partial charge on any atom is -0.405 e. The lowest BCUT2D eigenvalue weighted by atomic mass is 10.0. The van der Waals surface area contributed by atoms with Crippen molar-refractivity contribution in [1.82, 2.24) is 9.88 Å². The first-order valence-electron chi connectivity index (χ1n) is 9.97. The zero-order chi connectivity index (χ0) is 21.1. The highest BCUT2D eigenvalue weighted by molar-refractivity contribution is 6.26. The zero-order valence-electron chi connectivity index (χ0n) is 16.5. The third-order valence-electron chi connectivity index (χ3n) is 5.63. The maximum absolute atomic E-state index is 14.5. The van der Waals surface area contributed by atoms with Gasteiger partial charge in [0.25, 0.3) is 5.91 Å². The number of amides is 1. The fraction of sp³-hybridized carbons (Fsp3) is 0.261. The van der Waals surface area contributed by atoms with Crippen molar-refractivity contribution < 1.29 is 9.18 Å². The second-order valence-corrected chi connectivity index (χ2v) is 7.55. The van der Waals surface area contributed by atoms with Gasteiger partial charge in [0.15, 0.2) is 0 Å². The summed E-state index contributed by atoms with van der Waals surface area (Å²) >= 11 is 0. The van der Waals surface area contributed by atoms with Gasteiger partial charge in [0, 0.05) is 24.0 Å². The average Bonchev–Trinajstić information content (AvgIpc) is 3.42. The van der Waals surface area contributed by atoms with Crippen molar-refractivity contribution in [1.29, 1.82) is 0 Å². The van der Waals surface area contributed by atoms with Gasteiger partial charge in [-0.1, -0.05) is 18.2 Å². The molecular formula is C23H24FN5O. The molecule has 1 aromatic heterocycles. The summed E-state index contributed by atoms with van der Waals surface area (Å²) in [6.45, 7) is 0.484. The number of aromatic nitrogens is 1. The number of rotatable bonds is 6. The lowest BCUT2D eigenvalue weighted by Gasteiger charge is -2.28. The Morgan fingerprint density at radius 3 is 2.77 bits per heavy atom. The number of allylic oxidation sites excluding steroid dienone is 1. The van der Waals surface area contributed by atoms with E-state index in [-0.39, 0.29) is 34.8 Å². The number of carbonyl (C=O) groups is 1. The van der Waals surface area contributed by atoms with Crippen LogP contribution in [0.2, 0.25) is 0 Å². The predicted molar refractivity (Wildman–Crippen MR) is 115 cm³/mol. The zero-order valence-corrected chi connectivity index (χ0v) is 16.5. The van der Waals surface area contributed by atoms with E-state index in [4.69, 9.17) is 11.5 Å². The van der Waals surface area contributed by atoms with Gasteiger partial charge in [-0.25, -0.2) is 4.39 Å². The molecule has 1 saturated heterocycles. The SMILES string of the molecule is N/C=C\C=NCC1CC2CC2N1C(=O)/C(=C(/N)c1ccccc1F)c1ccccn1. The highest BCUT2D eigenvalue weighted by atomic mass is 19.1. The molecule has 6 nitrogen and oxygen atoms in total. The smallest absolute Gasteiger partial charge is 0.258 e. The summed E-state index contributed by atoms with van der Waals surface area (Å²) < 4.78 is 14.5. The van der Waals surface area contributed by atoms with Crippen LogP contribution >= 0.6 is 0 Å². The van der Waals surface area contributed by atoms with E-state index in [2.05, 4.69) is 9.98 Å². The lowest BCUT2D eigenvalue weighted by molar-refractivity contribution is -0.126. The summed E-state index contributed by atoms with van der Waals surface area (Å²) in [7, 11) is 0. The number of hydrogen-bond donors (Lipinski definition) is 2. The van der Waals surface area contributed by atoms with Crippen LogP contribution in [0.1, 0.15) is 24.1 Å². The predicted octanol–water partition coefficient (Wildman–Crippen LogP) is 2.58. The summed E-state index contributed by atoms with van der Waals surface area (Å²) in [5, 5.41) is 0. The van der Waals surface area contributed by atoms with Crippen molar-refractivity contribution in [3.63, 3.8) is 0 Å². The fourth-order valence-electron chi connectivity index (χ4n) is 4.15. The molecule has 0 radical (unpaired) electrons. The molecule has 1 aromatic carbocycles. The van der Waals surface area contributed by atoms with Crippen molar-refractivity contribution in [2.75, 3.05) is 6.54 Å². The van der Waals surface area contributed by atoms with Crippen molar-refractivity contribution in [3.05, 3.63) is 78.0 Å². The standard InChI is InChI=1S/C23H24FN5O/c24-18-7-2-1-6-17(18)22(26)21(19-8-3-4-11-28-19)23(30)29-16(12-15-13-20(15)29)14-27-10-5-9-25/h1-11,15-16,20H,12-14,25-26H2/b9-5-,22-21+,27-10?. The van der Waals surface area contributed by atoms with Crippen LogP contribution in [0.25, 0.3) is 11.3 Å². The highest BCUT2D eigenvalue weighted by Crippen LogP contribution is 2.49. The summed E-state index contributed by atoms with van der Waals surface area (Å²) in [4.78, 5) is 24.3. The summed E-state index contributed by atoms with van der Waals surface area (Å²) in [6, 6.07) is 11.6. The number of nitrogens with zero attached hydrogens (tertiary/aromatic N) is 3. The van der Waals surface area contributed by atoms with Crippen LogP contribution in [0.5, 0.6) is 0 Å². The topological polar surface area (TPSA) is 97.6 Å². The third-order valence-corrected chi connectivity index (χ3v) is 5.63. The molecule has 1 saturated carbocycles. The third kappa shape index (κ3) is 3.83. The second-order valence-electron chi connectivity index (χ2n) is 7.55. The first-order valence-corrected chi connectivity index (χ1v) is 9.97. The average molecular weight is 405 g/mol. The van der Waals surface area contributed by atoms with Gasteiger partial charge in [-0.05, 0) is 55.3 Å². The summed E-state index contributed by atoms with van der Waals surface area (Å²) in [5.41, 5.74) is 12.7. The Kier molecular flexibility index (Phi) is 5.61. The molecule has 0 bridgehead atoms. The molecule has 2 heterocycles. The van der Waals surface area contributed by atoms with Gasteiger partial charge in [0.05, 0.1) is 29.6 Å². The Bertz CT molecular complexity index is 1020. The molecule has 30 heavy (non-hydrogen) atoms. The van der Waals surface area contributed by atoms with E-state index >= 15 is 0 Å². The van der Waals surface area contributed by atoms with Gasteiger partial charge in [-0.3, -0.25) is 14.8 Å². The van der Waals surface area contributed by atoms with E-state index in [1.54, 1.807) is 54.9 Å². The Morgan fingerprint density at radius 2 is 2.03 bits per heavy atom. The Morgan fingerprint density at radius 1 is 1.23 bits per heavy atom. The number of piperidine rings is 1. The van der Waals surface area contributed by atoms with Crippen molar-refractivity contribution in [3.8, 4) is 0 Å². The van der Waals surface area contributed by atoms with Crippen LogP contribution in [0.3, 0.4) is 0 Å². The van der Waals surface area contributed by atoms with Gasteiger partial charge >= 0.3 is 0 Å². The quantitative estimate of drug-likeness (QED) is 0.570. The van der Waals surface area contributed by atoms with Crippen LogP contribution < -0.4 is 11.5 Å². The molecular weight excluding hydrogens is 381 g/mol. The minimum atomic E-state index is -0.475. The van der Waals surface area contributed by atoms with Crippen molar-refractivity contribution in [2.24, 2.45) is 22.4 Å². The van der Waals surface area contributed by atoms with E-state index in [9.17, 15) is 9.18 Å². The molecule has 7 heteroatoms. The molecule has 3 unspecified atom stereocenters. The normalized spacial score (nSPS) is 23.6. The molecule has 1 amide bonds. The molecule has 2 fully saturated rings. The number of likely N-dealkylation sites (tertiary alicyclic amines) is 1. The van der Waals surface area contributed by atoms with E-state index in [1.165, 1.54) is 12.3 Å². The molecule has 3 atom stereocenters. The highest BCUT2D eigenvalue weighted by Gasteiger charge is 2.54. The van der Waals surface area contributed by atoms with Gasteiger partial charge in [-0.2, -0.15) is 0 Å². The van der Waals surface area contributed by atoms with Crippen molar-refractivity contribution in [2.45, 2.75) is 24.9 Å². The van der Waals surface area contributed by atoms with Crippen LogP contribution in [0, 0.1) is 11.7 Å². The molecule has 1 aliphatic heterocycles. The molecule has 2 aliphatic rings. The molecule has 2 aromatic rings. The number of nitrogens with two attached hydrogens (primary N) is 2. The number of benzene rings is 1. The second kappa shape index (κ2) is 8.49. The lowest BCUT2D eigenvalue weighted by Crippen LogP contribution is -2.41. The molecule has 4 rings (SSSR count). The Hall–Kier alpha value is -3.48. The molecule has 0 spiro atoms. The monoisotopic (exact) mass is 405 g/mol. The van der Waals surface area contributed by atoms with Gasteiger partial charge in [0.1, 0.15) is 5.82 Å². The van der Waals surface area contributed by atoms with Crippen LogP contribution in [0.4, 0.5) is 4.39 Å². The number of hydrogen-bond acceptors (Lipinski definition) is 5. The molecule has 4 N–H and O–H groups in total. The number of carbonyl (C=O) groups excluding carboxylic acids is 1. The first kappa shape index (κ1) is 19.8. The van der Waals surface area contributed by atoms with Crippen LogP contribution in [0.15, 0.2) is 65.9 Å². The first-order chi connectivity index (χ1) is 14.6. The number of fused-ring (bicyclic) bond motifs is 1. The Balaban J connectivity index is 1.73. The van der Waals surface area contributed by atoms with E-state index < -0.39 is 5.82 Å². The largest absolute Gasteiger partial charge is 0.405 e.